The standard InChI is InChI=1S/C12H21N3/c1-4-6-12(13-5-2)8-7-11-9-14-15(3)10-11/h4,9-10,12-13H,1,5-8H2,2-3H3. The van der Waals surface area contributed by atoms with Crippen molar-refractivity contribution in [1.82, 2.24) is 15.1 Å². The molecular formula is C12H21N3. The Bertz CT molecular complexity index is 291. The zero-order valence-electron chi connectivity index (χ0n) is 9.74. The second-order valence-electron chi connectivity index (χ2n) is 3.84. The SMILES string of the molecule is C=CCC(CCc1cnn(C)c1)NCC. The van der Waals surface area contributed by atoms with Crippen molar-refractivity contribution in [1.29, 1.82) is 0 Å². The van der Waals surface area contributed by atoms with Crippen LogP contribution in [-0.2, 0) is 13.5 Å². The van der Waals surface area contributed by atoms with Gasteiger partial charge in [-0.1, -0.05) is 13.0 Å². The van der Waals surface area contributed by atoms with Crippen LogP contribution in [0, 0.1) is 0 Å². The molecule has 1 aromatic heterocycles. The van der Waals surface area contributed by atoms with Gasteiger partial charge in [-0.2, -0.15) is 5.10 Å². The number of aryl methyl sites for hydroxylation is 2. The van der Waals surface area contributed by atoms with E-state index in [0.717, 1.165) is 25.8 Å². The highest BCUT2D eigenvalue weighted by atomic mass is 15.2. The lowest BCUT2D eigenvalue weighted by molar-refractivity contribution is 0.498. The summed E-state index contributed by atoms with van der Waals surface area (Å²) in [5, 5.41) is 7.62. The summed E-state index contributed by atoms with van der Waals surface area (Å²) >= 11 is 0. The Balaban J connectivity index is 2.35. The second kappa shape index (κ2) is 6.40. The van der Waals surface area contributed by atoms with Crippen LogP contribution in [0.5, 0.6) is 0 Å². The summed E-state index contributed by atoms with van der Waals surface area (Å²) in [6.45, 7) is 6.94. The molecule has 1 heterocycles. The molecule has 1 aromatic rings. The molecule has 3 nitrogen and oxygen atoms in total. The van der Waals surface area contributed by atoms with Crippen LogP contribution >= 0.6 is 0 Å². The minimum atomic E-state index is 0.549. The molecule has 0 radical (unpaired) electrons. The van der Waals surface area contributed by atoms with E-state index >= 15 is 0 Å². The summed E-state index contributed by atoms with van der Waals surface area (Å²) in [7, 11) is 1.95. The first-order chi connectivity index (χ1) is 7.26. The first-order valence-corrected chi connectivity index (χ1v) is 5.58. The van der Waals surface area contributed by atoms with Crippen LogP contribution in [0.4, 0.5) is 0 Å². The number of aromatic nitrogens is 2. The third-order valence-electron chi connectivity index (χ3n) is 2.48. The maximum absolute atomic E-state index is 4.16. The van der Waals surface area contributed by atoms with Crippen LogP contribution in [0.25, 0.3) is 0 Å². The molecule has 3 heteroatoms. The lowest BCUT2D eigenvalue weighted by atomic mass is 10.1. The van der Waals surface area contributed by atoms with Gasteiger partial charge in [0.25, 0.3) is 0 Å². The minimum Gasteiger partial charge on any atom is -0.314 e. The Morgan fingerprint density at radius 2 is 2.47 bits per heavy atom. The molecule has 0 saturated heterocycles. The van der Waals surface area contributed by atoms with Crippen LogP contribution in [0.1, 0.15) is 25.3 Å². The summed E-state index contributed by atoms with van der Waals surface area (Å²) in [6.07, 6.45) is 9.27. The fraction of sp³-hybridized carbons (Fsp3) is 0.583. The van der Waals surface area contributed by atoms with Crippen molar-refractivity contribution in [2.45, 2.75) is 32.2 Å². The highest BCUT2D eigenvalue weighted by Crippen LogP contribution is 2.06. The van der Waals surface area contributed by atoms with E-state index in [0.29, 0.717) is 6.04 Å². The molecule has 0 spiro atoms. The highest BCUT2D eigenvalue weighted by molar-refractivity contribution is 5.04. The van der Waals surface area contributed by atoms with Gasteiger partial charge in [0.05, 0.1) is 6.20 Å². The fourth-order valence-corrected chi connectivity index (χ4v) is 1.73. The minimum absolute atomic E-state index is 0.549. The monoisotopic (exact) mass is 207 g/mol. The van der Waals surface area contributed by atoms with Gasteiger partial charge in [-0.15, -0.1) is 6.58 Å². The summed E-state index contributed by atoms with van der Waals surface area (Å²) in [5.41, 5.74) is 1.31. The van der Waals surface area contributed by atoms with Gasteiger partial charge in [-0.05, 0) is 31.4 Å². The average Bonchev–Trinajstić information content (AvgIpc) is 2.61. The van der Waals surface area contributed by atoms with Crippen LogP contribution in [0.15, 0.2) is 25.0 Å². The molecule has 0 aliphatic carbocycles. The summed E-state index contributed by atoms with van der Waals surface area (Å²) in [5.74, 6) is 0. The zero-order valence-corrected chi connectivity index (χ0v) is 9.74. The molecule has 84 valence electrons. The molecule has 0 aromatic carbocycles. The zero-order chi connectivity index (χ0) is 11.1. The molecule has 0 amide bonds. The molecule has 1 atom stereocenters. The predicted molar refractivity (Wildman–Crippen MR) is 63.8 cm³/mol. The first kappa shape index (κ1) is 12.0. The molecule has 0 saturated carbocycles. The van der Waals surface area contributed by atoms with Crippen LogP contribution < -0.4 is 5.32 Å². The molecule has 1 N–H and O–H groups in total. The van der Waals surface area contributed by atoms with E-state index in [2.05, 4.69) is 30.1 Å². The quantitative estimate of drug-likeness (QED) is 0.692. The molecular weight excluding hydrogens is 186 g/mol. The van der Waals surface area contributed by atoms with Crippen molar-refractivity contribution in [2.75, 3.05) is 6.54 Å². The van der Waals surface area contributed by atoms with E-state index in [-0.39, 0.29) is 0 Å². The van der Waals surface area contributed by atoms with Gasteiger partial charge in [0.15, 0.2) is 0 Å². The molecule has 15 heavy (non-hydrogen) atoms. The molecule has 0 fully saturated rings. The van der Waals surface area contributed by atoms with Gasteiger partial charge in [0, 0.05) is 19.3 Å². The van der Waals surface area contributed by atoms with Gasteiger partial charge in [0.2, 0.25) is 0 Å². The van der Waals surface area contributed by atoms with Gasteiger partial charge in [-0.3, -0.25) is 4.68 Å². The third-order valence-corrected chi connectivity index (χ3v) is 2.48. The molecule has 0 aliphatic heterocycles. The van der Waals surface area contributed by atoms with E-state index in [9.17, 15) is 0 Å². The predicted octanol–water partition coefficient (Wildman–Crippen LogP) is 1.91. The van der Waals surface area contributed by atoms with Crippen molar-refractivity contribution in [3.05, 3.63) is 30.6 Å². The fourth-order valence-electron chi connectivity index (χ4n) is 1.73. The lowest BCUT2D eigenvalue weighted by Gasteiger charge is -2.14. The first-order valence-electron chi connectivity index (χ1n) is 5.58. The molecule has 0 aliphatic rings. The van der Waals surface area contributed by atoms with E-state index in [1.807, 2.05) is 24.0 Å². The number of nitrogens with one attached hydrogen (secondary N) is 1. The summed E-state index contributed by atoms with van der Waals surface area (Å²) < 4.78 is 1.85. The largest absolute Gasteiger partial charge is 0.314 e. The summed E-state index contributed by atoms with van der Waals surface area (Å²) in [4.78, 5) is 0. The number of rotatable bonds is 7. The number of hydrogen-bond donors (Lipinski definition) is 1. The van der Waals surface area contributed by atoms with Crippen LogP contribution in [0.3, 0.4) is 0 Å². The third kappa shape index (κ3) is 4.30. The summed E-state index contributed by atoms with van der Waals surface area (Å²) in [6, 6.07) is 0.549. The Morgan fingerprint density at radius 1 is 1.67 bits per heavy atom. The maximum Gasteiger partial charge on any atom is 0.0521 e. The Hall–Kier alpha value is -1.09. The number of hydrogen-bond acceptors (Lipinski definition) is 2. The Labute approximate surface area is 92.2 Å². The molecule has 1 rings (SSSR count). The van der Waals surface area contributed by atoms with E-state index < -0.39 is 0 Å². The van der Waals surface area contributed by atoms with Gasteiger partial charge in [0.1, 0.15) is 0 Å². The van der Waals surface area contributed by atoms with Gasteiger partial charge in [-0.25, -0.2) is 0 Å². The van der Waals surface area contributed by atoms with Crippen LogP contribution in [-0.4, -0.2) is 22.4 Å². The van der Waals surface area contributed by atoms with Crippen molar-refractivity contribution < 1.29 is 0 Å². The van der Waals surface area contributed by atoms with Gasteiger partial charge >= 0.3 is 0 Å². The van der Waals surface area contributed by atoms with E-state index in [4.69, 9.17) is 0 Å². The van der Waals surface area contributed by atoms with Crippen molar-refractivity contribution >= 4 is 0 Å². The van der Waals surface area contributed by atoms with Crippen molar-refractivity contribution in [2.24, 2.45) is 7.05 Å². The maximum atomic E-state index is 4.16. The van der Waals surface area contributed by atoms with Crippen LogP contribution in [0.2, 0.25) is 0 Å². The van der Waals surface area contributed by atoms with E-state index in [1.165, 1.54) is 5.56 Å². The Kier molecular flexibility index (Phi) is 5.12. The smallest absolute Gasteiger partial charge is 0.0521 e. The highest BCUT2D eigenvalue weighted by Gasteiger charge is 2.05. The Morgan fingerprint density at radius 3 is 3.00 bits per heavy atom. The van der Waals surface area contributed by atoms with Crippen molar-refractivity contribution in [3.63, 3.8) is 0 Å². The topological polar surface area (TPSA) is 29.9 Å². The number of nitrogens with zero attached hydrogens (tertiary/aromatic N) is 2. The van der Waals surface area contributed by atoms with Crippen molar-refractivity contribution in [3.8, 4) is 0 Å². The van der Waals surface area contributed by atoms with Gasteiger partial charge < -0.3 is 5.32 Å². The van der Waals surface area contributed by atoms with E-state index in [1.54, 1.807) is 0 Å². The normalized spacial score (nSPS) is 12.7. The second-order valence-corrected chi connectivity index (χ2v) is 3.84. The lowest BCUT2D eigenvalue weighted by Crippen LogP contribution is -2.28. The average molecular weight is 207 g/mol. The molecule has 0 bridgehead atoms. The molecule has 1 unspecified atom stereocenters.